The van der Waals surface area contributed by atoms with Crippen molar-refractivity contribution in [2.75, 3.05) is 33.7 Å². The molecule has 34 heavy (non-hydrogen) atoms. The number of benzene rings is 1. The second-order valence-electron chi connectivity index (χ2n) is 8.51. The standard InChI is InChI=1S/C23H26FN5O4S/c1-4-28-10-14(22(32)27-2)11-29(3)12-16(19(30)20(31)18(29)23(28)33)21(26)34-17(25)9-13-5-7-15(24)8-6-13/h5-8,12,14,18,25-26H,4,9-11H2,1-3H3/p+1. The van der Waals surface area contributed by atoms with Crippen molar-refractivity contribution < 1.29 is 28.1 Å². The third-order valence-corrected chi connectivity index (χ3v) is 6.89. The van der Waals surface area contributed by atoms with Gasteiger partial charge in [-0.3, -0.25) is 34.5 Å². The van der Waals surface area contributed by atoms with Crippen molar-refractivity contribution in [2.24, 2.45) is 5.92 Å². The monoisotopic (exact) mass is 488 g/mol. The minimum absolute atomic E-state index is 0.0369. The van der Waals surface area contributed by atoms with Crippen LogP contribution >= 0.6 is 11.8 Å². The predicted octanol–water partition coefficient (Wildman–Crippen LogP) is 1.13. The van der Waals surface area contributed by atoms with Gasteiger partial charge in [-0.25, -0.2) is 4.39 Å². The molecule has 2 heterocycles. The Labute approximate surface area is 201 Å². The molecule has 2 amide bonds. The second-order valence-corrected chi connectivity index (χ2v) is 9.62. The average Bonchev–Trinajstić information content (AvgIpc) is 2.90. The zero-order valence-corrected chi connectivity index (χ0v) is 20.0. The van der Waals surface area contributed by atoms with Crippen LogP contribution in [0.1, 0.15) is 12.5 Å². The molecule has 0 aromatic heterocycles. The third-order valence-electron chi connectivity index (χ3n) is 6.08. The number of quaternary nitrogens is 1. The van der Waals surface area contributed by atoms with Crippen molar-refractivity contribution in [3.8, 4) is 0 Å². The van der Waals surface area contributed by atoms with E-state index in [1.54, 1.807) is 14.0 Å². The van der Waals surface area contributed by atoms with E-state index in [2.05, 4.69) is 5.32 Å². The maximum Gasteiger partial charge on any atom is 0.289 e. The van der Waals surface area contributed by atoms with Gasteiger partial charge in [0, 0.05) is 26.6 Å². The zero-order chi connectivity index (χ0) is 25.2. The zero-order valence-electron chi connectivity index (χ0n) is 19.2. The van der Waals surface area contributed by atoms with Crippen LogP contribution in [0.2, 0.25) is 0 Å². The van der Waals surface area contributed by atoms with Crippen LogP contribution < -0.4 is 5.32 Å². The molecule has 9 nitrogen and oxygen atoms in total. The Bertz CT molecular complexity index is 1100. The fourth-order valence-electron chi connectivity index (χ4n) is 4.36. The second kappa shape index (κ2) is 9.98. The molecule has 0 spiro atoms. The van der Waals surface area contributed by atoms with Gasteiger partial charge >= 0.3 is 0 Å². The van der Waals surface area contributed by atoms with Gasteiger partial charge in [0.05, 0.1) is 18.6 Å². The summed E-state index contributed by atoms with van der Waals surface area (Å²) in [6.45, 7) is 2.25. The maximum absolute atomic E-state index is 13.2. The van der Waals surface area contributed by atoms with Gasteiger partial charge in [0.15, 0.2) is 0 Å². The van der Waals surface area contributed by atoms with E-state index in [1.807, 2.05) is 0 Å². The van der Waals surface area contributed by atoms with Crippen LogP contribution in [-0.2, 0) is 25.6 Å². The van der Waals surface area contributed by atoms with Crippen LogP contribution in [-0.4, -0.2) is 82.6 Å². The van der Waals surface area contributed by atoms with Crippen molar-refractivity contribution in [3.05, 3.63) is 47.4 Å². The number of nitrogens with zero attached hydrogens (tertiary/aromatic N) is 2. The number of halogens is 1. The molecule has 3 atom stereocenters. The molecular weight excluding hydrogens is 461 g/mol. The van der Waals surface area contributed by atoms with Gasteiger partial charge in [-0.1, -0.05) is 23.9 Å². The van der Waals surface area contributed by atoms with Gasteiger partial charge in [0.1, 0.15) is 28.6 Å². The summed E-state index contributed by atoms with van der Waals surface area (Å²) in [5.41, 5.74) is 0.475. The summed E-state index contributed by atoms with van der Waals surface area (Å²) in [6.07, 6.45) is 1.53. The number of thioether (sulfide) groups is 1. The summed E-state index contributed by atoms with van der Waals surface area (Å²) in [5, 5.41) is 18.9. The molecule has 0 radical (unpaired) electrons. The molecule has 11 heteroatoms. The van der Waals surface area contributed by atoms with E-state index in [-0.39, 0.29) is 52.1 Å². The highest BCUT2D eigenvalue weighted by Crippen LogP contribution is 2.31. The maximum atomic E-state index is 13.2. The highest BCUT2D eigenvalue weighted by Gasteiger charge is 2.56. The quantitative estimate of drug-likeness (QED) is 0.188. The third kappa shape index (κ3) is 5.00. The summed E-state index contributed by atoms with van der Waals surface area (Å²) in [5.74, 6) is -3.68. The summed E-state index contributed by atoms with van der Waals surface area (Å²) >= 11 is 0.719. The minimum Gasteiger partial charge on any atom is -0.359 e. The first-order valence-corrected chi connectivity index (χ1v) is 11.6. The molecule has 3 unspecified atom stereocenters. The molecule has 0 saturated carbocycles. The first kappa shape index (κ1) is 25.4. The molecular formula is C23H27FN5O4S+. The Kier molecular flexibility index (Phi) is 7.47. The first-order chi connectivity index (χ1) is 16.0. The van der Waals surface area contributed by atoms with E-state index in [4.69, 9.17) is 10.8 Å². The van der Waals surface area contributed by atoms with Crippen LogP contribution in [0.4, 0.5) is 4.39 Å². The normalized spacial score (nSPS) is 24.8. The van der Waals surface area contributed by atoms with Crippen molar-refractivity contribution >= 4 is 45.2 Å². The van der Waals surface area contributed by atoms with Gasteiger partial charge in [-0.15, -0.1) is 0 Å². The van der Waals surface area contributed by atoms with E-state index in [0.29, 0.717) is 5.56 Å². The van der Waals surface area contributed by atoms with Crippen LogP contribution in [0.25, 0.3) is 0 Å². The van der Waals surface area contributed by atoms with Gasteiger partial charge in [-0.2, -0.15) is 0 Å². The fourth-order valence-corrected chi connectivity index (χ4v) is 5.10. The van der Waals surface area contributed by atoms with Gasteiger partial charge < -0.3 is 10.2 Å². The fraction of sp³-hybridized carbons (Fsp3) is 0.391. The molecule has 2 aliphatic heterocycles. The lowest BCUT2D eigenvalue weighted by molar-refractivity contribution is -0.868. The summed E-state index contributed by atoms with van der Waals surface area (Å²) < 4.78 is 12.8. The van der Waals surface area contributed by atoms with Crippen molar-refractivity contribution in [3.63, 3.8) is 0 Å². The molecule has 3 N–H and O–H groups in total. The first-order valence-electron chi connectivity index (χ1n) is 10.8. The summed E-state index contributed by atoms with van der Waals surface area (Å²) in [4.78, 5) is 53.1. The molecule has 1 fully saturated rings. The number of likely N-dealkylation sites (N-methyl/N-ethyl adjacent to an activating group) is 2. The number of amides is 2. The van der Waals surface area contributed by atoms with Crippen molar-refractivity contribution in [1.82, 2.24) is 10.2 Å². The van der Waals surface area contributed by atoms with E-state index in [9.17, 15) is 23.6 Å². The number of carbonyl (C=O) groups is 4. The van der Waals surface area contributed by atoms with Gasteiger partial charge in [-0.05, 0) is 24.6 Å². The summed E-state index contributed by atoms with van der Waals surface area (Å²) in [6, 6.07) is 4.28. The van der Waals surface area contributed by atoms with Crippen LogP contribution in [0.5, 0.6) is 0 Å². The van der Waals surface area contributed by atoms with E-state index in [0.717, 1.165) is 11.8 Å². The number of rotatable bonds is 5. The number of hydrogen-bond donors (Lipinski definition) is 3. The highest BCUT2D eigenvalue weighted by molar-refractivity contribution is 8.26. The molecule has 180 valence electrons. The topological polar surface area (TPSA) is 131 Å². The van der Waals surface area contributed by atoms with E-state index >= 15 is 0 Å². The molecule has 3 rings (SSSR count). The number of carbonyl (C=O) groups excluding carboxylic acids is 4. The van der Waals surface area contributed by atoms with Crippen LogP contribution in [0.3, 0.4) is 0 Å². The molecule has 0 bridgehead atoms. The van der Waals surface area contributed by atoms with E-state index < -0.39 is 35.3 Å². The number of fused-ring (bicyclic) bond motifs is 1. The Morgan fingerprint density at radius 2 is 1.88 bits per heavy atom. The highest BCUT2D eigenvalue weighted by atomic mass is 32.2. The molecule has 1 aromatic carbocycles. The molecule has 0 aliphatic carbocycles. The lowest BCUT2D eigenvalue weighted by atomic mass is 9.94. The van der Waals surface area contributed by atoms with E-state index in [1.165, 1.54) is 42.4 Å². The van der Waals surface area contributed by atoms with Gasteiger partial charge in [0.25, 0.3) is 11.7 Å². The molecule has 1 aromatic rings. The lowest BCUT2D eigenvalue weighted by Crippen LogP contribution is -2.63. The average molecular weight is 489 g/mol. The van der Waals surface area contributed by atoms with Crippen molar-refractivity contribution in [2.45, 2.75) is 19.4 Å². The van der Waals surface area contributed by atoms with Crippen LogP contribution in [0, 0.1) is 22.6 Å². The number of nitrogens with one attached hydrogen (secondary N) is 3. The number of hydrogen-bond acceptors (Lipinski definition) is 7. The largest absolute Gasteiger partial charge is 0.359 e. The summed E-state index contributed by atoms with van der Waals surface area (Å²) in [7, 11) is 3.10. The smallest absolute Gasteiger partial charge is 0.289 e. The SMILES string of the molecule is CCN1CC(C(=O)NC)C[N+]2(C)C=C(C(=N)SC(=N)Cc3ccc(F)cc3)C(=O)C(=O)C2C1=O. The van der Waals surface area contributed by atoms with Crippen LogP contribution in [0.15, 0.2) is 36.0 Å². The Morgan fingerprint density at radius 1 is 1.24 bits per heavy atom. The number of ketones is 2. The Hall–Kier alpha value is -3.18. The lowest BCUT2D eigenvalue weighted by Gasteiger charge is -2.38. The molecule has 1 saturated heterocycles. The minimum atomic E-state index is -1.32. The molecule has 2 aliphatic rings. The Balaban J connectivity index is 1.90. The van der Waals surface area contributed by atoms with Crippen molar-refractivity contribution in [1.29, 1.82) is 10.8 Å². The Morgan fingerprint density at radius 3 is 2.47 bits per heavy atom. The predicted molar refractivity (Wildman–Crippen MR) is 126 cm³/mol. The number of Topliss-reactive ketones (excluding diaryl/α,β-unsaturated/α-hetero) is 2. The van der Waals surface area contributed by atoms with Gasteiger partial charge in [0.2, 0.25) is 17.7 Å².